The molecule has 1 unspecified atom stereocenters. The number of rotatable bonds is 1. The molecule has 0 bridgehead atoms. The predicted octanol–water partition coefficient (Wildman–Crippen LogP) is -0.646. The molecule has 9 heavy (non-hydrogen) atoms. The lowest BCUT2D eigenvalue weighted by Crippen LogP contribution is -2.03. The average Bonchev–Trinajstić information content (AvgIpc) is 1.65. The molecule has 0 aliphatic rings. The molecule has 2 N–H and O–H groups in total. The maximum Gasteiger partial charge on any atom is 0.0946 e. The molecule has 0 heterocycles. The standard InChI is InChI=1S/C3H8O2.C2H6OS/c1-3(5)2-4;1-4(2)3/h3-5H,2H2,1H3;1-2H3. The lowest BCUT2D eigenvalue weighted by atomic mass is 10.5. The molecular formula is C5H14O3S. The van der Waals surface area contributed by atoms with Gasteiger partial charge in [-0.15, -0.1) is 0 Å². The van der Waals surface area contributed by atoms with Gasteiger partial charge < -0.3 is 14.8 Å². The van der Waals surface area contributed by atoms with Gasteiger partial charge in [0, 0.05) is 0 Å². The largest absolute Gasteiger partial charge is 0.617 e. The normalized spacial score (nSPS) is 12.3. The van der Waals surface area contributed by atoms with Crippen LogP contribution in [0.1, 0.15) is 6.92 Å². The molecule has 0 saturated heterocycles. The molecule has 1 atom stereocenters. The first-order valence-corrected chi connectivity index (χ1v) is 4.51. The van der Waals surface area contributed by atoms with E-state index in [-0.39, 0.29) is 6.61 Å². The predicted molar refractivity (Wildman–Crippen MR) is 38.8 cm³/mol. The van der Waals surface area contributed by atoms with Gasteiger partial charge in [-0.3, -0.25) is 0 Å². The van der Waals surface area contributed by atoms with E-state index in [0.29, 0.717) is 0 Å². The van der Waals surface area contributed by atoms with Gasteiger partial charge in [0.25, 0.3) is 0 Å². The van der Waals surface area contributed by atoms with Crippen molar-refractivity contribution in [1.82, 2.24) is 0 Å². The van der Waals surface area contributed by atoms with Crippen LogP contribution in [0.25, 0.3) is 0 Å². The molecule has 0 saturated carbocycles. The van der Waals surface area contributed by atoms with Gasteiger partial charge in [-0.2, -0.15) is 0 Å². The van der Waals surface area contributed by atoms with Crippen LogP contribution in [0.5, 0.6) is 0 Å². The van der Waals surface area contributed by atoms with E-state index in [9.17, 15) is 4.55 Å². The average molecular weight is 154 g/mol. The molecule has 58 valence electrons. The molecule has 0 amide bonds. The van der Waals surface area contributed by atoms with Crippen molar-refractivity contribution in [2.45, 2.75) is 13.0 Å². The van der Waals surface area contributed by atoms with Gasteiger partial charge in [-0.1, -0.05) is 11.2 Å². The summed E-state index contributed by atoms with van der Waals surface area (Å²) in [6, 6.07) is 0. The summed E-state index contributed by atoms with van der Waals surface area (Å²) in [5.41, 5.74) is 0. The van der Waals surface area contributed by atoms with E-state index in [4.69, 9.17) is 10.2 Å². The molecular weight excluding hydrogens is 140 g/mol. The zero-order chi connectivity index (χ0) is 7.86. The van der Waals surface area contributed by atoms with Crippen LogP contribution in [0.3, 0.4) is 0 Å². The third-order valence-corrected chi connectivity index (χ3v) is 0.264. The summed E-state index contributed by atoms with van der Waals surface area (Å²) in [5.74, 6) is 0. The molecule has 0 aromatic carbocycles. The summed E-state index contributed by atoms with van der Waals surface area (Å²) in [4.78, 5) is 0. The molecule has 0 aliphatic heterocycles. The summed E-state index contributed by atoms with van der Waals surface area (Å²) >= 11 is -0.611. The fraction of sp³-hybridized carbons (Fsp3) is 1.00. The summed E-state index contributed by atoms with van der Waals surface area (Å²) in [7, 11) is 0. The second-order valence-electron chi connectivity index (χ2n) is 1.77. The van der Waals surface area contributed by atoms with Crippen LogP contribution in [-0.2, 0) is 11.2 Å². The Bertz CT molecular complexity index is 44.7. The SMILES string of the molecule is CC(O)CO.C[S+](C)[O-]. The van der Waals surface area contributed by atoms with Crippen molar-refractivity contribution < 1.29 is 14.8 Å². The first kappa shape index (κ1) is 12.0. The molecule has 4 heteroatoms. The van der Waals surface area contributed by atoms with E-state index in [0.717, 1.165) is 0 Å². The Morgan fingerprint density at radius 2 is 1.67 bits per heavy atom. The number of aliphatic hydroxyl groups excluding tert-OH is 2. The van der Waals surface area contributed by atoms with E-state index in [1.165, 1.54) is 6.92 Å². The molecule has 0 fully saturated rings. The second kappa shape index (κ2) is 8.23. The Morgan fingerprint density at radius 1 is 1.56 bits per heavy atom. The third kappa shape index (κ3) is 64.2. The Hall–Kier alpha value is 0.230. The van der Waals surface area contributed by atoms with E-state index < -0.39 is 17.3 Å². The second-order valence-corrected chi connectivity index (χ2v) is 3.26. The molecule has 3 nitrogen and oxygen atoms in total. The highest BCUT2D eigenvalue weighted by Gasteiger charge is 1.83. The van der Waals surface area contributed by atoms with Crippen LogP contribution < -0.4 is 0 Å². The topological polar surface area (TPSA) is 63.5 Å². The number of aliphatic hydroxyl groups is 2. The van der Waals surface area contributed by atoms with E-state index in [2.05, 4.69) is 0 Å². The van der Waals surface area contributed by atoms with E-state index in [1.807, 2.05) is 0 Å². The highest BCUT2D eigenvalue weighted by molar-refractivity contribution is 7.89. The highest BCUT2D eigenvalue weighted by atomic mass is 32.2. The Balaban J connectivity index is 0. The molecule has 0 rings (SSSR count). The van der Waals surface area contributed by atoms with Gasteiger partial charge >= 0.3 is 0 Å². The Morgan fingerprint density at radius 3 is 1.67 bits per heavy atom. The lowest BCUT2D eigenvalue weighted by molar-refractivity contribution is 0.110. The van der Waals surface area contributed by atoms with E-state index in [1.54, 1.807) is 12.5 Å². The maximum absolute atomic E-state index is 9.56. The van der Waals surface area contributed by atoms with Crippen LogP contribution in [0.4, 0.5) is 0 Å². The van der Waals surface area contributed by atoms with Gasteiger partial charge in [0.05, 0.1) is 25.2 Å². The van der Waals surface area contributed by atoms with Crippen LogP contribution in [0.2, 0.25) is 0 Å². The molecule has 0 aliphatic carbocycles. The van der Waals surface area contributed by atoms with Gasteiger partial charge in [0.2, 0.25) is 0 Å². The molecule has 0 aromatic rings. The smallest absolute Gasteiger partial charge is 0.0946 e. The minimum atomic E-state index is -0.611. The van der Waals surface area contributed by atoms with Crippen molar-refractivity contribution in [3.63, 3.8) is 0 Å². The zero-order valence-corrected chi connectivity index (χ0v) is 6.81. The van der Waals surface area contributed by atoms with Crippen LogP contribution >= 0.6 is 0 Å². The molecule has 0 spiro atoms. The van der Waals surface area contributed by atoms with Crippen molar-refractivity contribution >= 4 is 11.2 Å². The van der Waals surface area contributed by atoms with Crippen molar-refractivity contribution in [3.05, 3.63) is 0 Å². The highest BCUT2D eigenvalue weighted by Crippen LogP contribution is 1.68. The Labute approximate surface area is 58.9 Å². The minimum Gasteiger partial charge on any atom is -0.617 e. The molecule has 0 radical (unpaired) electrons. The summed E-state index contributed by atoms with van der Waals surface area (Å²) < 4.78 is 9.56. The third-order valence-electron chi connectivity index (χ3n) is 0.264. The van der Waals surface area contributed by atoms with Gasteiger partial charge in [0.1, 0.15) is 0 Å². The van der Waals surface area contributed by atoms with Crippen molar-refractivity contribution in [2.75, 3.05) is 19.1 Å². The van der Waals surface area contributed by atoms with Crippen LogP contribution in [0, 0.1) is 0 Å². The summed E-state index contributed by atoms with van der Waals surface area (Å²) in [6.07, 6.45) is 2.72. The van der Waals surface area contributed by atoms with Gasteiger partial charge in [-0.05, 0) is 6.92 Å². The minimum absolute atomic E-state index is 0.139. The maximum atomic E-state index is 9.56. The summed E-state index contributed by atoms with van der Waals surface area (Å²) in [6.45, 7) is 1.39. The van der Waals surface area contributed by atoms with Gasteiger partial charge in [-0.25, -0.2) is 0 Å². The van der Waals surface area contributed by atoms with Crippen molar-refractivity contribution in [3.8, 4) is 0 Å². The van der Waals surface area contributed by atoms with Crippen molar-refractivity contribution in [2.24, 2.45) is 0 Å². The monoisotopic (exact) mass is 154 g/mol. The quantitative estimate of drug-likeness (QED) is 0.493. The fourth-order valence-corrected chi connectivity index (χ4v) is 0. The van der Waals surface area contributed by atoms with Gasteiger partial charge in [0.15, 0.2) is 0 Å². The summed E-state index contributed by atoms with van der Waals surface area (Å²) in [5, 5.41) is 16.0. The molecule has 0 aromatic heterocycles. The number of hydrogen-bond acceptors (Lipinski definition) is 3. The first-order chi connectivity index (χ1) is 4.00. The van der Waals surface area contributed by atoms with Crippen molar-refractivity contribution in [1.29, 1.82) is 0 Å². The van der Waals surface area contributed by atoms with Crippen LogP contribution in [0.15, 0.2) is 0 Å². The van der Waals surface area contributed by atoms with E-state index >= 15 is 0 Å². The zero-order valence-electron chi connectivity index (χ0n) is 6.00. The first-order valence-electron chi connectivity index (χ1n) is 2.54. The fourth-order valence-electron chi connectivity index (χ4n) is 0. The van der Waals surface area contributed by atoms with Crippen LogP contribution in [-0.4, -0.2) is 40.0 Å². The lowest BCUT2D eigenvalue weighted by Gasteiger charge is -1.90. The number of hydrogen-bond donors (Lipinski definition) is 2. The Kier molecular flexibility index (Phi) is 10.9.